The fraction of sp³-hybridized carbons (Fsp3) is 0.500. The van der Waals surface area contributed by atoms with Gasteiger partial charge in [0.2, 0.25) is 0 Å². The van der Waals surface area contributed by atoms with Gasteiger partial charge >= 0.3 is 0 Å². The maximum absolute atomic E-state index is 11.2. The summed E-state index contributed by atoms with van der Waals surface area (Å²) in [7, 11) is 1.97. The molecule has 0 radical (unpaired) electrons. The van der Waals surface area contributed by atoms with Crippen molar-refractivity contribution in [3.05, 3.63) is 42.9 Å². The maximum Gasteiger partial charge on any atom is 0.294 e. The normalized spacial score (nSPS) is 28.2. The van der Waals surface area contributed by atoms with Crippen molar-refractivity contribution in [3.8, 4) is 0 Å². The molecule has 3 rings (SSSR count). The van der Waals surface area contributed by atoms with Gasteiger partial charge in [-0.3, -0.25) is 20.2 Å². The lowest BCUT2D eigenvalue weighted by Crippen LogP contribution is -2.23. The van der Waals surface area contributed by atoms with Crippen LogP contribution in [-0.4, -0.2) is 34.9 Å². The number of nitro benzene ring substituents is 2. The van der Waals surface area contributed by atoms with E-state index in [0.29, 0.717) is 11.5 Å². The highest BCUT2D eigenvalue weighted by Crippen LogP contribution is 2.61. The monoisotopic (exact) mass is 297 g/mol. The van der Waals surface area contributed by atoms with E-state index < -0.39 is 15.5 Å². The molecule has 8 heteroatoms. The van der Waals surface area contributed by atoms with Crippen LogP contribution in [0.2, 0.25) is 5.02 Å². The van der Waals surface area contributed by atoms with Crippen molar-refractivity contribution in [2.24, 2.45) is 5.92 Å². The van der Waals surface area contributed by atoms with Crippen LogP contribution >= 0.6 is 11.6 Å². The first-order chi connectivity index (χ1) is 9.35. The van der Waals surface area contributed by atoms with Crippen LogP contribution in [0.3, 0.4) is 0 Å². The van der Waals surface area contributed by atoms with E-state index in [1.165, 1.54) is 6.07 Å². The topological polar surface area (TPSA) is 89.5 Å². The van der Waals surface area contributed by atoms with Gasteiger partial charge in [-0.05, 0) is 25.5 Å². The molecular formula is C12H12ClN3O4. The highest BCUT2D eigenvalue weighted by Gasteiger charge is 2.62. The molecule has 1 aromatic carbocycles. The van der Waals surface area contributed by atoms with Gasteiger partial charge in [-0.2, -0.15) is 0 Å². The molecule has 2 aliphatic rings. The minimum absolute atomic E-state index is 0.0369. The highest BCUT2D eigenvalue weighted by atomic mass is 35.5. The summed E-state index contributed by atoms with van der Waals surface area (Å²) >= 11 is 5.92. The van der Waals surface area contributed by atoms with E-state index in [4.69, 9.17) is 11.6 Å². The number of benzene rings is 1. The number of nitro groups is 2. The molecule has 2 unspecified atom stereocenters. The van der Waals surface area contributed by atoms with Gasteiger partial charge in [-0.1, -0.05) is 11.6 Å². The standard InChI is InChI=1S/C12H12ClN3O4/c1-14-5-7-4-12(7,6-14)8-2-9(13)11(16(19)20)3-10(8)15(17)18/h2-3,7H,4-6H2,1H3. The van der Waals surface area contributed by atoms with E-state index in [1.807, 2.05) is 7.05 Å². The van der Waals surface area contributed by atoms with Crippen LogP contribution < -0.4 is 0 Å². The van der Waals surface area contributed by atoms with Crippen LogP contribution in [0.4, 0.5) is 11.4 Å². The van der Waals surface area contributed by atoms with Gasteiger partial charge in [0.15, 0.2) is 0 Å². The van der Waals surface area contributed by atoms with Crippen LogP contribution in [0.15, 0.2) is 12.1 Å². The van der Waals surface area contributed by atoms with Gasteiger partial charge in [0.25, 0.3) is 11.4 Å². The summed E-state index contributed by atoms with van der Waals surface area (Å²) in [6.45, 7) is 1.62. The number of halogens is 1. The molecule has 0 spiro atoms. The summed E-state index contributed by atoms with van der Waals surface area (Å²) in [5.41, 5.74) is -0.330. The van der Waals surface area contributed by atoms with E-state index in [9.17, 15) is 20.2 Å². The lowest BCUT2D eigenvalue weighted by molar-refractivity contribution is -0.394. The number of piperidine rings is 1. The van der Waals surface area contributed by atoms with Crippen LogP contribution in [0.5, 0.6) is 0 Å². The molecule has 0 aromatic heterocycles. The molecule has 7 nitrogen and oxygen atoms in total. The second-order valence-electron chi connectivity index (χ2n) is 5.59. The zero-order valence-corrected chi connectivity index (χ0v) is 11.5. The van der Waals surface area contributed by atoms with E-state index >= 15 is 0 Å². The minimum Gasteiger partial charge on any atom is -0.305 e. The quantitative estimate of drug-likeness (QED) is 0.631. The van der Waals surface area contributed by atoms with Gasteiger partial charge in [0.05, 0.1) is 15.9 Å². The van der Waals surface area contributed by atoms with E-state index in [2.05, 4.69) is 4.90 Å². The molecule has 0 N–H and O–H groups in total. The van der Waals surface area contributed by atoms with Gasteiger partial charge in [0.1, 0.15) is 5.02 Å². The molecule has 0 amide bonds. The molecule has 1 aliphatic heterocycles. The molecule has 2 atom stereocenters. The Kier molecular flexibility index (Phi) is 2.74. The summed E-state index contributed by atoms with van der Waals surface area (Å²) in [5.74, 6) is 0.378. The molecule has 20 heavy (non-hydrogen) atoms. The predicted octanol–water partition coefficient (Wildman–Crippen LogP) is 2.36. The van der Waals surface area contributed by atoms with Crippen molar-refractivity contribution in [1.29, 1.82) is 0 Å². The van der Waals surface area contributed by atoms with E-state index in [1.54, 1.807) is 0 Å². The zero-order valence-electron chi connectivity index (χ0n) is 10.7. The minimum atomic E-state index is -0.693. The number of hydrogen-bond donors (Lipinski definition) is 0. The second kappa shape index (κ2) is 4.13. The van der Waals surface area contributed by atoms with Crippen molar-refractivity contribution in [1.82, 2.24) is 4.90 Å². The SMILES string of the molecule is CN1CC2CC2(c2cc(Cl)c([N+](=O)[O-])cc2[N+](=O)[O-])C1. The first-order valence-corrected chi connectivity index (χ1v) is 6.54. The molecule has 1 aliphatic carbocycles. The van der Waals surface area contributed by atoms with Crippen molar-refractivity contribution >= 4 is 23.0 Å². The third-order valence-electron chi connectivity index (χ3n) is 4.31. The van der Waals surface area contributed by atoms with Crippen molar-refractivity contribution < 1.29 is 9.85 Å². The molecule has 106 valence electrons. The largest absolute Gasteiger partial charge is 0.305 e. The number of fused-ring (bicyclic) bond motifs is 1. The first kappa shape index (κ1) is 13.3. The average molecular weight is 298 g/mol. The van der Waals surface area contributed by atoms with Gasteiger partial charge < -0.3 is 4.90 Å². The summed E-state index contributed by atoms with van der Waals surface area (Å²) in [5, 5.41) is 22.1. The van der Waals surface area contributed by atoms with Gasteiger partial charge in [-0.15, -0.1) is 0 Å². The summed E-state index contributed by atoms with van der Waals surface area (Å²) in [6.07, 6.45) is 0.881. The molecule has 1 saturated heterocycles. The molecular weight excluding hydrogens is 286 g/mol. The van der Waals surface area contributed by atoms with E-state index in [-0.39, 0.29) is 16.1 Å². The second-order valence-corrected chi connectivity index (χ2v) is 6.00. The number of hydrogen-bond acceptors (Lipinski definition) is 5. The Labute approximate surface area is 119 Å². The Balaban J connectivity index is 2.14. The Hall–Kier alpha value is -1.73. The molecule has 0 bridgehead atoms. The third-order valence-corrected chi connectivity index (χ3v) is 4.61. The number of rotatable bonds is 3. The number of likely N-dealkylation sites (N-methyl/N-ethyl adjacent to an activating group) is 1. The molecule has 2 fully saturated rings. The van der Waals surface area contributed by atoms with Crippen molar-refractivity contribution in [3.63, 3.8) is 0 Å². The van der Waals surface area contributed by atoms with Crippen LogP contribution in [0, 0.1) is 26.1 Å². The van der Waals surface area contributed by atoms with Crippen LogP contribution in [-0.2, 0) is 5.41 Å². The lowest BCUT2D eigenvalue weighted by atomic mass is 9.93. The van der Waals surface area contributed by atoms with Gasteiger partial charge in [-0.25, -0.2) is 0 Å². The zero-order chi connectivity index (χ0) is 14.7. The summed E-state index contributed by atoms with van der Waals surface area (Å²) in [4.78, 5) is 23.0. The first-order valence-electron chi connectivity index (χ1n) is 6.16. The van der Waals surface area contributed by atoms with Crippen molar-refractivity contribution in [2.75, 3.05) is 20.1 Å². The molecule has 1 aromatic rings. The Morgan fingerprint density at radius 1 is 1.30 bits per heavy atom. The predicted molar refractivity (Wildman–Crippen MR) is 72.0 cm³/mol. The Morgan fingerprint density at radius 3 is 2.45 bits per heavy atom. The maximum atomic E-state index is 11.2. The highest BCUT2D eigenvalue weighted by molar-refractivity contribution is 6.32. The Bertz CT molecular complexity index is 635. The van der Waals surface area contributed by atoms with E-state index in [0.717, 1.165) is 25.6 Å². The Morgan fingerprint density at radius 2 is 1.95 bits per heavy atom. The number of likely N-dealkylation sites (tertiary alicyclic amines) is 1. The lowest BCUT2D eigenvalue weighted by Gasteiger charge is -2.16. The number of nitrogens with zero attached hydrogens (tertiary/aromatic N) is 3. The van der Waals surface area contributed by atoms with Gasteiger partial charge in [0, 0.05) is 24.1 Å². The van der Waals surface area contributed by atoms with Crippen LogP contribution in [0.1, 0.15) is 12.0 Å². The fourth-order valence-corrected chi connectivity index (χ4v) is 3.62. The molecule has 1 saturated carbocycles. The fourth-order valence-electron chi connectivity index (χ4n) is 3.39. The smallest absolute Gasteiger partial charge is 0.294 e. The average Bonchev–Trinajstić information content (AvgIpc) is 2.92. The summed E-state index contributed by atoms with van der Waals surface area (Å²) in [6, 6.07) is 2.40. The molecule has 1 heterocycles. The van der Waals surface area contributed by atoms with Crippen molar-refractivity contribution in [2.45, 2.75) is 11.8 Å². The summed E-state index contributed by atoms with van der Waals surface area (Å²) < 4.78 is 0. The third kappa shape index (κ3) is 1.77. The van der Waals surface area contributed by atoms with Crippen LogP contribution in [0.25, 0.3) is 0 Å².